The van der Waals surface area contributed by atoms with Crippen molar-refractivity contribution in [3.05, 3.63) is 29.3 Å². The molecule has 1 aromatic rings. The Balaban J connectivity index is 2.84. The minimum Gasteiger partial charge on any atom is -0.380 e. The van der Waals surface area contributed by atoms with Gasteiger partial charge in [-0.2, -0.15) is 0 Å². The minimum absolute atomic E-state index is 0.282. The van der Waals surface area contributed by atoms with Gasteiger partial charge in [-0.15, -0.1) is 0 Å². The Bertz CT molecular complexity index is 542. The van der Waals surface area contributed by atoms with Crippen molar-refractivity contribution in [1.29, 1.82) is 0 Å². The van der Waals surface area contributed by atoms with E-state index in [4.69, 9.17) is 4.74 Å². The van der Waals surface area contributed by atoms with E-state index in [1.807, 2.05) is 19.9 Å². The van der Waals surface area contributed by atoms with E-state index in [1.54, 1.807) is 12.1 Å². The molecule has 0 fully saturated rings. The van der Waals surface area contributed by atoms with Gasteiger partial charge in [0.05, 0.1) is 11.5 Å². The summed E-state index contributed by atoms with van der Waals surface area (Å²) in [6.45, 7) is 9.74. The molecule has 0 heterocycles. The number of hydrogen-bond donors (Lipinski definition) is 2. The first-order chi connectivity index (χ1) is 9.88. The smallest absolute Gasteiger partial charge is 0.240 e. The third kappa shape index (κ3) is 5.74. The molecule has 0 spiro atoms. The van der Waals surface area contributed by atoms with Crippen LogP contribution >= 0.6 is 0 Å². The number of nitrogens with one attached hydrogen (secondary N) is 2. The van der Waals surface area contributed by atoms with E-state index in [2.05, 4.69) is 23.9 Å². The quantitative estimate of drug-likeness (QED) is 0.682. The highest BCUT2D eigenvalue weighted by Gasteiger charge is 2.17. The Hall–Kier alpha value is -0.950. The van der Waals surface area contributed by atoms with Crippen molar-refractivity contribution in [3.63, 3.8) is 0 Å². The third-order valence-electron chi connectivity index (χ3n) is 3.13. The van der Waals surface area contributed by atoms with Crippen molar-refractivity contribution < 1.29 is 13.2 Å². The largest absolute Gasteiger partial charge is 0.380 e. The zero-order chi connectivity index (χ0) is 15.9. The summed E-state index contributed by atoms with van der Waals surface area (Å²) in [5.74, 6) is 0. The van der Waals surface area contributed by atoms with Gasteiger partial charge in [-0.25, -0.2) is 13.1 Å². The van der Waals surface area contributed by atoms with Crippen LogP contribution in [0.3, 0.4) is 0 Å². The van der Waals surface area contributed by atoms with Crippen LogP contribution < -0.4 is 10.0 Å². The Labute approximate surface area is 128 Å². The Morgan fingerprint density at radius 3 is 2.62 bits per heavy atom. The van der Waals surface area contributed by atoms with Crippen molar-refractivity contribution >= 4 is 10.0 Å². The second kappa shape index (κ2) is 8.48. The summed E-state index contributed by atoms with van der Waals surface area (Å²) in [7, 11) is -3.49. The lowest BCUT2D eigenvalue weighted by Gasteiger charge is -2.14. The molecule has 21 heavy (non-hydrogen) atoms. The van der Waals surface area contributed by atoms with Gasteiger partial charge in [0.1, 0.15) is 0 Å². The van der Waals surface area contributed by atoms with Gasteiger partial charge in [-0.3, -0.25) is 0 Å². The van der Waals surface area contributed by atoms with Crippen LogP contribution in [0.15, 0.2) is 23.1 Å². The molecule has 2 N–H and O–H groups in total. The molecule has 0 atom stereocenters. The van der Waals surface area contributed by atoms with Gasteiger partial charge in [0.2, 0.25) is 10.0 Å². The molecule has 0 amide bonds. The average Bonchev–Trinajstić information content (AvgIpc) is 2.42. The number of sulfonamides is 1. The van der Waals surface area contributed by atoms with Gasteiger partial charge in [0.25, 0.3) is 0 Å². The van der Waals surface area contributed by atoms with E-state index >= 15 is 0 Å². The van der Waals surface area contributed by atoms with Gasteiger partial charge < -0.3 is 10.1 Å². The zero-order valence-corrected chi connectivity index (χ0v) is 14.1. The Morgan fingerprint density at radius 1 is 1.29 bits per heavy atom. The molecule has 0 saturated heterocycles. The SMILES string of the molecule is CCOCCNS(=O)(=O)c1cccc(CNC(C)C)c1C. The fourth-order valence-electron chi connectivity index (χ4n) is 1.93. The van der Waals surface area contributed by atoms with Crippen LogP contribution in [0.1, 0.15) is 31.9 Å². The van der Waals surface area contributed by atoms with E-state index in [9.17, 15) is 8.42 Å². The summed E-state index contributed by atoms with van der Waals surface area (Å²) in [5.41, 5.74) is 1.78. The first-order valence-corrected chi connectivity index (χ1v) is 8.76. The van der Waals surface area contributed by atoms with Gasteiger partial charge in [0, 0.05) is 25.7 Å². The standard InChI is InChI=1S/C15H26N2O3S/c1-5-20-10-9-17-21(18,19)15-8-6-7-14(13(15)4)11-16-12(2)3/h6-8,12,16-17H,5,9-11H2,1-4H3. The molecule has 1 rings (SSSR count). The maximum Gasteiger partial charge on any atom is 0.240 e. The summed E-state index contributed by atoms with van der Waals surface area (Å²) in [5, 5.41) is 3.31. The molecule has 0 unspecified atom stereocenters. The topological polar surface area (TPSA) is 67.4 Å². The van der Waals surface area contributed by atoms with Gasteiger partial charge in [0.15, 0.2) is 0 Å². The predicted octanol–water partition coefficient (Wildman–Crippen LogP) is 1.81. The van der Waals surface area contributed by atoms with Crippen LogP contribution in [0.25, 0.3) is 0 Å². The normalized spacial score (nSPS) is 12.0. The zero-order valence-electron chi connectivity index (χ0n) is 13.3. The second-order valence-electron chi connectivity index (χ2n) is 5.17. The highest BCUT2D eigenvalue weighted by molar-refractivity contribution is 7.89. The van der Waals surface area contributed by atoms with Gasteiger partial charge in [-0.05, 0) is 31.0 Å². The van der Waals surface area contributed by atoms with Crippen molar-refractivity contribution in [2.45, 2.75) is 45.2 Å². The maximum absolute atomic E-state index is 12.3. The van der Waals surface area contributed by atoms with Crippen molar-refractivity contribution in [2.24, 2.45) is 0 Å². The fourth-order valence-corrected chi connectivity index (χ4v) is 3.23. The monoisotopic (exact) mass is 314 g/mol. The number of benzene rings is 1. The Morgan fingerprint density at radius 2 is 2.00 bits per heavy atom. The highest BCUT2D eigenvalue weighted by Crippen LogP contribution is 2.18. The number of hydrogen-bond acceptors (Lipinski definition) is 4. The Kier molecular flexibility index (Phi) is 7.31. The van der Waals surface area contributed by atoms with E-state index in [-0.39, 0.29) is 6.54 Å². The summed E-state index contributed by atoms with van der Waals surface area (Å²) >= 11 is 0. The minimum atomic E-state index is -3.49. The summed E-state index contributed by atoms with van der Waals surface area (Å²) in [6.07, 6.45) is 0. The average molecular weight is 314 g/mol. The highest BCUT2D eigenvalue weighted by atomic mass is 32.2. The predicted molar refractivity (Wildman–Crippen MR) is 84.8 cm³/mol. The molecular formula is C15H26N2O3S. The van der Waals surface area contributed by atoms with Crippen LogP contribution in [-0.4, -0.2) is 34.2 Å². The third-order valence-corrected chi connectivity index (χ3v) is 4.73. The molecule has 0 radical (unpaired) electrons. The molecule has 0 aliphatic heterocycles. The fraction of sp³-hybridized carbons (Fsp3) is 0.600. The molecular weight excluding hydrogens is 288 g/mol. The summed E-state index contributed by atoms with van der Waals surface area (Å²) in [6, 6.07) is 5.72. The molecule has 120 valence electrons. The lowest BCUT2D eigenvalue weighted by molar-refractivity contribution is 0.153. The first-order valence-electron chi connectivity index (χ1n) is 7.27. The van der Waals surface area contributed by atoms with Crippen LogP contribution in [0.4, 0.5) is 0 Å². The van der Waals surface area contributed by atoms with E-state index in [0.717, 1.165) is 11.1 Å². The lowest BCUT2D eigenvalue weighted by atomic mass is 10.1. The molecule has 0 aliphatic rings. The molecule has 0 aliphatic carbocycles. The molecule has 0 bridgehead atoms. The van der Waals surface area contributed by atoms with Crippen molar-refractivity contribution in [2.75, 3.05) is 19.8 Å². The van der Waals surface area contributed by atoms with Crippen LogP contribution in [0.2, 0.25) is 0 Å². The molecule has 1 aromatic carbocycles. The molecule has 5 nitrogen and oxygen atoms in total. The van der Waals surface area contributed by atoms with Crippen LogP contribution in [0, 0.1) is 6.92 Å². The van der Waals surface area contributed by atoms with Crippen molar-refractivity contribution in [1.82, 2.24) is 10.0 Å². The van der Waals surface area contributed by atoms with Crippen LogP contribution in [0.5, 0.6) is 0 Å². The van der Waals surface area contributed by atoms with E-state index in [1.165, 1.54) is 0 Å². The number of ether oxygens (including phenoxy) is 1. The molecule has 0 aromatic heterocycles. The maximum atomic E-state index is 12.3. The summed E-state index contributed by atoms with van der Waals surface area (Å²) in [4.78, 5) is 0.335. The van der Waals surface area contributed by atoms with Gasteiger partial charge >= 0.3 is 0 Å². The molecule has 6 heteroatoms. The first kappa shape index (κ1) is 18.1. The van der Waals surface area contributed by atoms with Crippen LogP contribution in [-0.2, 0) is 21.3 Å². The molecule has 0 saturated carbocycles. The van der Waals surface area contributed by atoms with Crippen molar-refractivity contribution in [3.8, 4) is 0 Å². The van der Waals surface area contributed by atoms with Gasteiger partial charge in [-0.1, -0.05) is 26.0 Å². The summed E-state index contributed by atoms with van der Waals surface area (Å²) < 4.78 is 32.4. The van der Waals surface area contributed by atoms with E-state index in [0.29, 0.717) is 30.7 Å². The second-order valence-corrected chi connectivity index (χ2v) is 6.91. The lowest BCUT2D eigenvalue weighted by Crippen LogP contribution is -2.28. The number of rotatable bonds is 9. The van der Waals surface area contributed by atoms with E-state index < -0.39 is 10.0 Å².